The van der Waals surface area contributed by atoms with Crippen molar-refractivity contribution in [1.82, 2.24) is 0 Å². The number of carbonyl (C=O) groups excluding carboxylic acids is 1. The Balaban J connectivity index is 0.000000406. The number of benzene rings is 2. The van der Waals surface area contributed by atoms with E-state index in [9.17, 15) is 18.0 Å². The second-order valence-electron chi connectivity index (χ2n) is 10.3. The number of hydrogen-bond acceptors (Lipinski definition) is 2. The van der Waals surface area contributed by atoms with Crippen LogP contribution in [-0.4, -0.2) is 23.2 Å². The number of halogens is 3. The minimum Gasteiger partial charge on any atom is -0.475 e. The first kappa shape index (κ1) is 25.8. The predicted molar refractivity (Wildman–Crippen MR) is 125 cm³/mol. The van der Waals surface area contributed by atoms with Crippen LogP contribution >= 0.6 is 0 Å². The largest absolute Gasteiger partial charge is 0.490 e. The number of hydrogen-bond donors (Lipinski definition) is 2. The van der Waals surface area contributed by atoms with E-state index in [2.05, 4.69) is 38.1 Å². The van der Waals surface area contributed by atoms with Crippen LogP contribution in [0.25, 0.3) is 11.1 Å². The van der Waals surface area contributed by atoms with Crippen LogP contribution in [0.1, 0.15) is 67.4 Å². The van der Waals surface area contributed by atoms with Gasteiger partial charge in [-0.2, -0.15) is 13.2 Å². The van der Waals surface area contributed by atoms with Gasteiger partial charge in [0.05, 0.1) is 0 Å². The van der Waals surface area contributed by atoms with Crippen LogP contribution in [0.5, 0.6) is 0 Å². The van der Waals surface area contributed by atoms with Gasteiger partial charge in [-0.25, -0.2) is 4.79 Å². The van der Waals surface area contributed by atoms with E-state index >= 15 is 0 Å². The Labute approximate surface area is 198 Å². The van der Waals surface area contributed by atoms with Crippen molar-refractivity contribution < 1.29 is 27.9 Å². The van der Waals surface area contributed by atoms with Gasteiger partial charge >= 0.3 is 12.1 Å². The summed E-state index contributed by atoms with van der Waals surface area (Å²) in [6, 6.07) is 14.5. The summed E-state index contributed by atoms with van der Waals surface area (Å²) in [5.41, 5.74) is 11.9. The number of carbonyl (C=O) groups is 2. The number of amides is 1. The van der Waals surface area contributed by atoms with E-state index in [1.807, 2.05) is 12.1 Å². The fourth-order valence-electron chi connectivity index (χ4n) is 5.07. The highest BCUT2D eigenvalue weighted by atomic mass is 19.4. The molecule has 0 spiro atoms. The van der Waals surface area contributed by atoms with Crippen molar-refractivity contribution in [2.75, 3.05) is 0 Å². The molecule has 3 N–H and O–H groups in total. The summed E-state index contributed by atoms with van der Waals surface area (Å²) in [7, 11) is 0. The lowest BCUT2D eigenvalue weighted by Crippen LogP contribution is -2.22. The van der Waals surface area contributed by atoms with Gasteiger partial charge in [0.2, 0.25) is 5.91 Å². The minimum atomic E-state index is -5.08. The standard InChI is InChI=1S/C25H31NO.C2HF3O2/c1-25(2)10-8-17(9-11-25)12-18-13-20-6-7-21(16-23(20)14-18)19-4-3-5-22(15-19)24(26)27;3-2(4,5)1(6)7/h3-7,15-18H,8-14H2,1-2H3,(H2,26,27);(H,6,7). The summed E-state index contributed by atoms with van der Waals surface area (Å²) < 4.78 is 31.7. The molecule has 0 saturated heterocycles. The van der Waals surface area contributed by atoms with Crippen molar-refractivity contribution in [2.24, 2.45) is 23.0 Å². The smallest absolute Gasteiger partial charge is 0.475 e. The number of carboxylic acids is 1. The maximum absolute atomic E-state index is 11.5. The minimum absolute atomic E-state index is 0.367. The van der Waals surface area contributed by atoms with Crippen LogP contribution in [-0.2, 0) is 17.6 Å². The third kappa shape index (κ3) is 6.84. The van der Waals surface area contributed by atoms with E-state index in [-0.39, 0.29) is 5.91 Å². The van der Waals surface area contributed by atoms with Gasteiger partial charge in [-0.1, -0.05) is 44.2 Å². The van der Waals surface area contributed by atoms with E-state index < -0.39 is 12.1 Å². The Bertz CT molecular complexity index is 1040. The monoisotopic (exact) mass is 475 g/mol. The summed E-state index contributed by atoms with van der Waals surface area (Å²) in [4.78, 5) is 20.4. The van der Waals surface area contributed by atoms with Gasteiger partial charge in [0.15, 0.2) is 0 Å². The first-order chi connectivity index (χ1) is 15.8. The molecule has 0 aromatic heterocycles. The molecular formula is C27H32F3NO3. The van der Waals surface area contributed by atoms with Gasteiger partial charge in [-0.05, 0) is 96.6 Å². The molecule has 2 aliphatic rings. The normalized spacial score (nSPS) is 19.6. The maximum atomic E-state index is 11.5. The summed E-state index contributed by atoms with van der Waals surface area (Å²) in [5.74, 6) is -1.40. The van der Waals surface area contributed by atoms with Crippen LogP contribution in [0, 0.1) is 17.3 Å². The molecule has 0 aliphatic heterocycles. The van der Waals surface area contributed by atoms with Crippen molar-refractivity contribution in [3.05, 3.63) is 59.2 Å². The molecule has 1 atom stereocenters. The average Bonchev–Trinajstić information content (AvgIpc) is 3.16. The SMILES string of the molecule is CC1(C)CCC(CC2Cc3ccc(-c4cccc(C(N)=O)c4)cc3C2)CC1.O=C(O)C(F)(F)F. The molecule has 0 bridgehead atoms. The van der Waals surface area contributed by atoms with Crippen molar-refractivity contribution in [3.8, 4) is 11.1 Å². The quantitative estimate of drug-likeness (QED) is 0.536. The molecular weight excluding hydrogens is 443 g/mol. The molecule has 4 nitrogen and oxygen atoms in total. The van der Waals surface area contributed by atoms with E-state index in [4.69, 9.17) is 15.6 Å². The summed E-state index contributed by atoms with van der Waals surface area (Å²) in [6.45, 7) is 4.84. The molecule has 1 saturated carbocycles. The molecule has 0 heterocycles. The Morgan fingerprint density at radius 1 is 0.971 bits per heavy atom. The number of nitrogens with two attached hydrogens (primary N) is 1. The Kier molecular flexibility index (Phi) is 7.74. The number of carboxylic acid groups (broad SMARTS) is 1. The molecule has 1 fully saturated rings. The van der Waals surface area contributed by atoms with Gasteiger partial charge in [0.25, 0.3) is 0 Å². The topological polar surface area (TPSA) is 80.4 Å². The Hall–Kier alpha value is -2.83. The van der Waals surface area contributed by atoms with Crippen LogP contribution in [0.15, 0.2) is 42.5 Å². The van der Waals surface area contributed by atoms with Crippen LogP contribution < -0.4 is 5.73 Å². The molecule has 2 aromatic rings. The third-order valence-electron chi connectivity index (χ3n) is 7.07. The molecule has 1 amide bonds. The van der Waals surface area contributed by atoms with Gasteiger partial charge in [-0.3, -0.25) is 4.79 Å². The zero-order chi connectivity index (χ0) is 25.1. The van der Waals surface area contributed by atoms with Crippen molar-refractivity contribution in [2.45, 2.75) is 65.0 Å². The fourth-order valence-corrected chi connectivity index (χ4v) is 5.07. The van der Waals surface area contributed by atoms with Gasteiger partial charge in [-0.15, -0.1) is 0 Å². The maximum Gasteiger partial charge on any atom is 0.490 e. The van der Waals surface area contributed by atoms with Gasteiger partial charge in [0, 0.05) is 5.56 Å². The molecule has 7 heteroatoms. The molecule has 4 rings (SSSR count). The average molecular weight is 476 g/mol. The zero-order valence-electron chi connectivity index (χ0n) is 19.6. The molecule has 0 radical (unpaired) electrons. The lowest BCUT2D eigenvalue weighted by Gasteiger charge is -2.35. The van der Waals surface area contributed by atoms with E-state index in [1.165, 1.54) is 61.6 Å². The number of alkyl halides is 3. The fraction of sp³-hybridized carbons (Fsp3) is 0.481. The third-order valence-corrected chi connectivity index (χ3v) is 7.07. The molecule has 1 unspecified atom stereocenters. The van der Waals surface area contributed by atoms with Crippen LogP contribution in [0.2, 0.25) is 0 Å². The van der Waals surface area contributed by atoms with Gasteiger partial charge < -0.3 is 10.8 Å². The van der Waals surface area contributed by atoms with E-state index in [1.54, 1.807) is 6.07 Å². The van der Waals surface area contributed by atoms with Crippen LogP contribution in [0.3, 0.4) is 0 Å². The zero-order valence-corrected chi connectivity index (χ0v) is 19.6. The predicted octanol–water partition coefficient (Wildman–Crippen LogP) is 6.41. The van der Waals surface area contributed by atoms with Crippen molar-refractivity contribution in [3.63, 3.8) is 0 Å². The number of fused-ring (bicyclic) bond motifs is 1. The highest BCUT2D eigenvalue weighted by Gasteiger charge is 2.38. The second kappa shape index (κ2) is 10.2. The molecule has 34 heavy (non-hydrogen) atoms. The number of rotatable bonds is 4. The van der Waals surface area contributed by atoms with E-state index in [0.717, 1.165) is 17.4 Å². The first-order valence-electron chi connectivity index (χ1n) is 11.7. The van der Waals surface area contributed by atoms with Gasteiger partial charge in [0.1, 0.15) is 0 Å². The lowest BCUT2D eigenvalue weighted by molar-refractivity contribution is -0.192. The Morgan fingerprint density at radius 3 is 2.15 bits per heavy atom. The van der Waals surface area contributed by atoms with E-state index in [0.29, 0.717) is 11.0 Å². The molecule has 184 valence electrons. The first-order valence-corrected chi connectivity index (χ1v) is 11.7. The highest BCUT2D eigenvalue weighted by Crippen LogP contribution is 2.42. The molecule has 2 aromatic carbocycles. The summed E-state index contributed by atoms with van der Waals surface area (Å²) in [5, 5.41) is 7.12. The van der Waals surface area contributed by atoms with Crippen molar-refractivity contribution in [1.29, 1.82) is 0 Å². The number of aliphatic carboxylic acids is 1. The molecule has 2 aliphatic carbocycles. The van der Waals surface area contributed by atoms with Crippen LogP contribution in [0.4, 0.5) is 13.2 Å². The summed E-state index contributed by atoms with van der Waals surface area (Å²) in [6.07, 6.45) is 4.33. The van der Waals surface area contributed by atoms with Crippen molar-refractivity contribution >= 4 is 11.9 Å². The highest BCUT2D eigenvalue weighted by molar-refractivity contribution is 5.94. The Morgan fingerprint density at radius 2 is 1.56 bits per heavy atom. The number of primary amides is 1. The lowest BCUT2D eigenvalue weighted by atomic mass is 9.71. The second-order valence-corrected chi connectivity index (χ2v) is 10.3. The summed E-state index contributed by atoms with van der Waals surface area (Å²) >= 11 is 0.